The molecule has 6 rings (SSSR count). The SMILES string of the molecule is Cc1ccc(-[n+]2noc([O-])c2C(=O)c2sc3nc(-c4ccc(Cl)cc4)cc(-c4cccc(F)c4)c3c2N)cc1. The number of pyridine rings is 1. The van der Waals surface area contributed by atoms with Crippen molar-refractivity contribution in [2.75, 3.05) is 5.73 Å². The molecule has 0 aliphatic rings. The van der Waals surface area contributed by atoms with Crippen LogP contribution >= 0.6 is 22.9 Å². The van der Waals surface area contributed by atoms with E-state index in [1.807, 2.05) is 31.2 Å². The second-order valence-corrected chi connectivity index (χ2v) is 10.3. The van der Waals surface area contributed by atoms with Crippen molar-refractivity contribution in [3.8, 4) is 34.0 Å². The molecule has 0 amide bonds. The van der Waals surface area contributed by atoms with Gasteiger partial charge in [-0.1, -0.05) is 53.6 Å². The summed E-state index contributed by atoms with van der Waals surface area (Å²) >= 11 is 7.11. The van der Waals surface area contributed by atoms with Crippen molar-refractivity contribution in [3.05, 3.63) is 106 Å². The lowest BCUT2D eigenvalue weighted by Gasteiger charge is -2.09. The van der Waals surface area contributed by atoms with Crippen LogP contribution in [0.4, 0.5) is 10.1 Å². The molecule has 3 aromatic carbocycles. The number of nitrogens with zero attached hydrogens (tertiary/aromatic N) is 3. The van der Waals surface area contributed by atoms with Crippen LogP contribution in [0, 0.1) is 12.7 Å². The van der Waals surface area contributed by atoms with Crippen LogP contribution < -0.4 is 15.5 Å². The number of rotatable bonds is 5. The first kappa shape index (κ1) is 24.7. The minimum Gasteiger partial charge on any atom is -0.539 e. The lowest BCUT2D eigenvalue weighted by atomic mass is 9.99. The van der Waals surface area contributed by atoms with Crippen LogP contribution in [0.2, 0.25) is 5.02 Å². The number of hydrogen-bond acceptors (Lipinski definition) is 7. The quantitative estimate of drug-likeness (QED) is 0.210. The van der Waals surface area contributed by atoms with Gasteiger partial charge in [0.25, 0.3) is 5.78 Å². The number of halogens is 2. The molecule has 6 aromatic rings. The molecule has 10 heteroatoms. The first-order valence-corrected chi connectivity index (χ1v) is 13.0. The van der Waals surface area contributed by atoms with E-state index in [0.717, 1.165) is 27.1 Å². The molecule has 0 unspecified atom stereocenters. The molecule has 0 radical (unpaired) electrons. The van der Waals surface area contributed by atoms with Crippen molar-refractivity contribution in [1.82, 2.24) is 10.3 Å². The largest absolute Gasteiger partial charge is 0.539 e. The number of aryl methyl sites for hydroxylation is 1. The maximum atomic E-state index is 14.2. The fraction of sp³-hybridized carbons (Fsp3) is 0.0345. The monoisotopic (exact) mass is 556 g/mol. The number of carbonyl (C=O) groups is 1. The molecule has 0 fully saturated rings. The van der Waals surface area contributed by atoms with Gasteiger partial charge in [0, 0.05) is 28.1 Å². The number of hydrogen-bond donors (Lipinski definition) is 1. The van der Waals surface area contributed by atoms with Crippen LogP contribution in [0.5, 0.6) is 5.95 Å². The lowest BCUT2D eigenvalue weighted by molar-refractivity contribution is -0.672. The summed E-state index contributed by atoms with van der Waals surface area (Å²) in [5, 5.41) is 17.5. The summed E-state index contributed by atoms with van der Waals surface area (Å²) in [7, 11) is 0. The molecule has 192 valence electrons. The molecule has 0 aliphatic carbocycles. The Morgan fingerprint density at radius 1 is 1.05 bits per heavy atom. The van der Waals surface area contributed by atoms with E-state index in [1.165, 1.54) is 12.1 Å². The summed E-state index contributed by atoms with van der Waals surface area (Å²) in [6, 6.07) is 22.1. The third kappa shape index (κ3) is 4.41. The number of ketones is 1. The van der Waals surface area contributed by atoms with Crippen molar-refractivity contribution in [1.29, 1.82) is 0 Å². The minimum atomic E-state index is -0.891. The zero-order valence-corrected chi connectivity index (χ0v) is 21.9. The van der Waals surface area contributed by atoms with Gasteiger partial charge in [-0.3, -0.25) is 4.79 Å². The van der Waals surface area contributed by atoms with Crippen molar-refractivity contribution < 1.29 is 23.5 Å². The maximum Gasteiger partial charge on any atom is 0.312 e. The zero-order chi connectivity index (χ0) is 27.3. The Bertz CT molecular complexity index is 1880. The van der Waals surface area contributed by atoms with Gasteiger partial charge in [-0.15, -0.1) is 11.3 Å². The molecular formula is C29H18ClFN4O3S. The average Bonchev–Trinajstić information content (AvgIpc) is 3.48. The summed E-state index contributed by atoms with van der Waals surface area (Å²) < 4.78 is 20.3. The number of fused-ring (bicyclic) bond motifs is 1. The molecule has 0 bridgehead atoms. The van der Waals surface area contributed by atoms with E-state index >= 15 is 0 Å². The molecule has 3 heterocycles. The second kappa shape index (κ2) is 9.61. The molecular weight excluding hydrogens is 539 g/mol. The van der Waals surface area contributed by atoms with Gasteiger partial charge in [-0.25, -0.2) is 9.37 Å². The van der Waals surface area contributed by atoms with E-state index in [1.54, 1.807) is 42.5 Å². The summed E-state index contributed by atoms with van der Waals surface area (Å²) in [5.41, 5.74) is 10.4. The van der Waals surface area contributed by atoms with Crippen LogP contribution in [-0.4, -0.2) is 16.0 Å². The number of thiophene rings is 1. The summed E-state index contributed by atoms with van der Waals surface area (Å²) in [5.74, 6) is -1.96. The summed E-state index contributed by atoms with van der Waals surface area (Å²) in [4.78, 5) is 19.1. The van der Waals surface area contributed by atoms with Gasteiger partial charge >= 0.3 is 5.69 Å². The Balaban J connectivity index is 1.56. The maximum absolute atomic E-state index is 14.2. The Hall–Kier alpha value is -4.60. The Labute approximate surface area is 230 Å². The number of carbonyl (C=O) groups excluding carboxylic acids is 1. The normalized spacial score (nSPS) is 11.3. The van der Waals surface area contributed by atoms with E-state index in [-0.39, 0.29) is 16.3 Å². The highest BCUT2D eigenvalue weighted by atomic mass is 35.5. The van der Waals surface area contributed by atoms with Gasteiger partial charge in [-0.05, 0) is 53.1 Å². The second-order valence-electron chi connectivity index (χ2n) is 8.88. The predicted octanol–water partition coefficient (Wildman–Crippen LogP) is 5.88. The van der Waals surface area contributed by atoms with Crippen molar-refractivity contribution in [2.24, 2.45) is 0 Å². The third-order valence-electron chi connectivity index (χ3n) is 6.28. The van der Waals surface area contributed by atoms with E-state index in [9.17, 15) is 14.3 Å². The molecule has 0 atom stereocenters. The highest BCUT2D eigenvalue weighted by molar-refractivity contribution is 7.21. The predicted molar refractivity (Wildman–Crippen MR) is 146 cm³/mol. The Morgan fingerprint density at radius 2 is 1.79 bits per heavy atom. The fourth-order valence-corrected chi connectivity index (χ4v) is 5.54. The average molecular weight is 557 g/mol. The highest BCUT2D eigenvalue weighted by Crippen LogP contribution is 2.42. The van der Waals surface area contributed by atoms with Crippen LogP contribution in [-0.2, 0) is 0 Å². The molecule has 2 N–H and O–H groups in total. The van der Waals surface area contributed by atoms with Crippen LogP contribution in [0.25, 0.3) is 38.3 Å². The highest BCUT2D eigenvalue weighted by Gasteiger charge is 2.33. The van der Waals surface area contributed by atoms with Crippen molar-refractivity contribution in [3.63, 3.8) is 0 Å². The smallest absolute Gasteiger partial charge is 0.312 e. The van der Waals surface area contributed by atoms with Gasteiger partial charge in [-0.2, -0.15) is 0 Å². The fourth-order valence-electron chi connectivity index (χ4n) is 4.35. The number of benzene rings is 3. The van der Waals surface area contributed by atoms with E-state index in [0.29, 0.717) is 37.7 Å². The van der Waals surface area contributed by atoms with Crippen LogP contribution in [0.1, 0.15) is 20.9 Å². The molecule has 39 heavy (non-hydrogen) atoms. The minimum absolute atomic E-state index is 0.101. The standard InChI is InChI=1S/C29H18ClFN4O3S/c1-15-5-11-20(12-6-15)35-25(29(37)38-34-35)26(36)27-24(32)23-21(17-3-2-4-19(31)13-17)14-22(33-28(23)39-27)16-7-9-18(30)10-8-16/h2-14H,1H3,(H2-,32,34,36,37). The molecule has 0 saturated carbocycles. The first-order chi connectivity index (χ1) is 18.8. The zero-order valence-electron chi connectivity index (χ0n) is 20.3. The first-order valence-electron chi connectivity index (χ1n) is 11.8. The summed E-state index contributed by atoms with van der Waals surface area (Å²) in [6.45, 7) is 1.92. The number of anilines is 1. The topological polar surface area (TPSA) is 109 Å². The van der Waals surface area contributed by atoms with Gasteiger partial charge in [0.15, 0.2) is 5.95 Å². The van der Waals surface area contributed by atoms with Gasteiger partial charge < -0.3 is 15.4 Å². The Morgan fingerprint density at radius 3 is 2.51 bits per heavy atom. The van der Waals surface area contributed by atoms with E-state index < -0.39 is 17.5 Å². The molecule has 0 saturated heterocycles. The number of nitrogen functional groups attached to an aromatic ring is 1. The van der Waals surface area contributed by atoms with Crippen molar-refractivity contribution in [2.45, 2.75) is 6.92 Å². The lowest BCUT2D eigenvalue weighted by Crippen LogP contribution is -2.39. The van der Waals surface area contributed by atoms with Gasteiger partial charge in [0.1, 0.15) is 15.5 Å². The third-order valence-corrected chi connectivity index (χ3v) is 7.64. The molecule has 0 spiro atoms. The van der Waals surface area contributed by atoms with Crippen molar-refractivity contribution >= 4 is 44.6 Å². The molecule has 7 nitrogen and oxygen atoms in total. The number of nitrogens with two attached hydrogens (primary N) is 1. The molecule has 0 aliphatic heterocycles. The van der Waals surface area contributed by atoms with Gasteiger partial charge in [0.05, 0.1) is 16.7 Å². The van der Waals surface area contributed by atoms with Crippen LogP contribution in [0.3, 0.4) is 0 Å². The number of aromatic nitrogens is 3. The van der Waals surface area contributed by atoms with Crippen LogP contribution in [0.15, 0.2) is 83.4 Å². The van der Waals surface area contributed by atoms with Gasteiger partial charge in [0.2, 0.25) is 5.69 Å². The van der Waals surface area contributed by atoms with E-state index in [4.69, 9.17) is 26.8 Å². The van der Waals surface area contributed by atoms with E-state index in [2.05, 4.69) is 5.27 Å². The summed E-state index contributed by atoms with van der Waals surface area (Å²) in [6.07, 6.45) is 0. The molecule has 3 aromatic heterocycles. The Kier molecular flexibility index (Phi) is 6.09.